The third-order valence-electron chi connectivity index (χ3n) is 5.27. The molecule has 31 heavy (non-hydrogen) atoms. The lowest BCUT2D eigenvalue weighted by atomic mass is 9.97. The molecule has 0 amide bonds. The molecule has 8 heteroatoms. The van der Waals surface area contributed by atoms with Crippen molar-refractivity contribution in [2.45, 2.75) is 25.0 Å². The fourth-order valence-electron chi connectivity index (χ4n) is 3.69. The van der Waals surface area contributed by atoms with Crippen LogP contribution in [0.1, 0.15) is 34.9 Å². The first-order valence-corrected chi connectivity index (χ1v) is 10.3. The Labute approximate surface area is 184 Å². The van der Waals surface area contributed by atoms with Crippen LogP contribution in [0.15, 0.2) is 65.6 Å². The smallest absolute Gasteiger partial charge is 0.340 e. The van der Waals surface area contributed by atoms with E-state index in [1.165, 1.54) is 13.3 Å². The minimum absolute atomic E-state index is 0.0115. The zero-order chi connectivity index (χ0) is 21.8. The third-order valence-corrected chi connectivity index (χ3v) is 5.64. The number of benzene rings is 2. The fraction of sp³-hybridized carbons (Fsp3) is 0.261. The van der Waals surface area contributed by atoms with Crippen LogP contribution in [-0.2, 0) is 9.47 Å². The lowest BCUT2D eigenvalue weighted by Gasteiger charge is -2.31. The van der Waals surface area contributed by atoms with Crippen molar-refractivity contribution in [3.63, 3.8) is 0 Å². The third kappa shape index (κ3) is 4.47. The van der Waals surface area contributed by atoms with Crippen LogP contribution in [0.5, 0.6) is 0 Å². The maximum Gasteiger partial charge on any atom is 0.340 e. The number of rotatable bonds is 5. The van der Waals surface area contributed by atoms with Crippen LogP contribution in [-0.4, -0.2) is 35.5 Å². The molecule has 1 N–H and O–H groups in total. The summed E-state index contributed by atoms with van der Waals surface area (Å²) in [5, 5.41) is 7.60. The Hall–Kier alpha value is -3.16. The van der Waals surface area contributed by atoms with Crippen molar-refractivity contribution in [3.05, 3.63) is 87.3 Å². The highest BCUT2D eigenvalue weighted by Gasteiger charge is 2.25. The molecule has 7 nitrogen and oxygen atoms in total. The molecule has 1 fully saturated rings. The summed E-state index contributed by atoms with van der Waals surface area (Å²) >= 11 is 6.40. The van der Waals surface area contributed by atoms with E-state index in [1.54, 1.807) is 24.3 Å². The van der Waals surface area contributed by atoms with Gasteiger partial charge in [-0.15, -0.1) is 0 Å². The number of nitrogens with one attached hydrogen (secondary N) is 1. The number of methoxy groups -OCH3 is 1. The van der Waals surface area contributed by atoms with Crippen LogP contribution in [0.25, 0.3) is 5.69 Å². The molecule has 2 aromatic carbocycles. The highest BCUT2D eigenvalue weighted by atomic mass is 35.5. The molecule has 0 bridgehead atoms. The largest absolute Gasteiger partial charge is 0.465 e. The number of hydrogen-bond acceptors (Lipinski definition) is 6. The van der Waals surface area contributed by atoms with Crippen LogP contribution >= 0.6 is 11.6 Å². The fourth-order valence-corrected chi connectivity index (χ4v) is 3.88. The molecule has 2 heterocycles. The SMILES string of the molecule is COC(=O)c1ccccc1-n1ncc(NC2CCOC(c3ccccc3)C2)c(Cl)c1=O. The molecule has 1 saturated heterocycles. The summed E-state index contributed by atoms with van der Waals surface area (Å²) in [7, 11) is 1.28. The summed E-state index contributed by atoms with van der Waals surface area (Å²) in [5.74, 6) is -0.559. The first-order valence-electron chi connectivity index (χ1n) is 9.97. The van der Waals surface area contributed by atoms with E-state index < -0.39 is 11.5 Å². The van der Waals surface area contributed by atoms with Gasteiger partial charge in [0.1, 0.15) is 5.02 Å². The zero-order valence-electron chi connectivity index (χ0n) is 17.0. The molecule has 3 aromatic rings. The quantitative estimate of drug-likeness (QED) is 0.605. The van der Waals surface area contributed by atoms with Gasteiger partial charge in [0.15, 0.2) is 0 Å². The lowest BCUT2D eigenvalue weighted by molar-refractivity contribution is 0.00979. The Morgan fingerprint density at radius 1 is 1.19 bits per heavy atom. The molecule has 0 radical (unpaired) electrons. The van der Waals surface area contributed by atoms with Gasteiger partial charge >= 0.3 is 5.97 Å². The van der Waals surface area contributed by atoms with Crippen LogP contribution in [0.3, 0.4) is 0 Å². The number of para-hydroxylation sites is 1. The van der Waals surface area contributed by atoms with Gasteiger partial charge in [-0.2, -0.15) is 9.78 Å². The van der Waals surface area contributed by atoms with E-state index in [0.29, 0.717) is 18.0 Å². The summed E-state index contributed by atoms with van der Waals surface area (Å²) in [6.07, 6.45) is 3.01. The van der Waals surface area contributed by atoms with Gasteiger partial charge in [-0.25, -0.2) is 4.79 Å². The van der Waals surface area contributed by atoms with Gasteiger partial charge in [-0.3, -0.25) is 4.79 Å². The molecule has 1 aliphatic heterocycles. The van der Waals surface area contributed by atoms with Crippen molar-refractivity contribution < 1.29 is 14.3 Å². The van der Waals surface area contributed by atoms with E-state index in [0.717, 1.165) is 23.1 Å². The minimum atomic E-state index is -0.559. The molecule has 0 aliphatic carbocycles. The van der Waals surface area contributed by atoms with Gasteiger partial charge in [0.25, 0.3) is 5.56 Å². The monoisotopic (exact) mass is 439 g/mol. The summed E-state index contributed by atoms with van der Waals surface area (Å²) in [6, 6.07) is 16.7. The van der Waals surface area contributed by atoms with Crippen LogP contribution in [0, 0.1) is 0 Å². The number of halogens is 1. The Bertz CT molecular complexity index is 1130. The average Bonchev–Trinajstić information content (AvgIpc) is 2.82. The second kappa shape index (κ2) is 9.32. The van der Waals surface area contributed by atoms with Crippen molar-refractivity contribution in [1.82, 2.24) is 9.78 Å². The van der Waals surface area contributed by atoms with Crippen LogP contribution in [0.2, 0.25) is 5.02 Å². The molecular weight excluding hydrogens is 418 g/mol. The number of aromatic nitrogens is 2. The predicted octanol–water partition coefficient (Wildman–Crippen LogP) is 4.00. The summed E-state index contributed by atoms with van der Waals surface area (Å²) < 4.78 is 11.8. The number of esters is 1. The van der Waals surface area contributed by atoms with E-state index in [9.17, 15) is 9.59 Å². The summed E-state index contributed by atoms with van der Waals surface area (Å²) in [5.41, 5.74) is 1.59. The second-order valence-corrected chi connectivity index (χ2v) is 7.61. The maximum atomic E-state index is 12.9. The van der Waals surface area contributed by atoms with E-state index in [1.807, 2.05) is 30.3 Å². The molecular formula is C23H22ClN3O4. The summed E-state index contributed by atoms with van der Waals surface area (Å²) in [6.45, 7) is 0.603. The van der Waals surface area contributed by atoms with E-state index in [4.69, 9.17) is 21.1 Å². The van der Waals surface area contributed by atoms with Crippen molar-refractivity contribution in [1.29, 1.82) is 0 Å². The van der Waals surface area contributed by atoms with Gasteiger partial charge in [0.2, 0.25) is 0 Å². The van der Waals surface area contributed by atoms with Gasteiger partial charge in [0.05, 0.1) is 36.3 Å². The minimum Gasteiger partial charge on any atom is -0.465 e. The van der Waals surface area contributed by atoms with Gasteiger partial charge < -0.3 is 14.8 Å². The van der Waals surface area contributed by atoms with E-state index in [2.05, 4.69) is 10.4 Å². The predicted molar refractivity (Wildman–Crippen MR) is 118 cm³/mol. The number of hydrogen-bond donors (Lipinski definition) is 1. The number of carbonyl (C=O) groups is 1. The van der Waals surface area contributed by atoms with Crippen LogP contribution in [0.4, 0.5) is 5.69 Å². The maximum absolute atomic E-state index is 12.9. The molecule has 2 atom stereocenters. The molecule has 1 aromatic heterocycles. The number of anilines is 1. The molecule has 0 spiro atoms. The molecule has 1 aliphatic rings. The molecule has 160 valence electrons. The Morgan fingerprint density at radius 3 is 2.71 bits per heavy atom. The summed E-state index contributed by atoms with van der Waals surface area (Å²) in [4.78, 5) is 25.0. The normalized spacial score (nSPS) is 18.4. The Kier molecular flexibility index (Phi) is 6.34. The average molecular weight is 440 g/mol. The molecule has 4 rings (SSSR count). The zero-order valence-corrected chi connectivity index (χ0v) is 17.7. The number of nitrogens with zero attached hydrogens (tertiary/aromatic N) is 2. The number of ether oxygens (including phenoxy) is 2. The van der Waals surface area contributed by atoms with Crippen molar-refractivity contribution in [3.8, 4) is 5.69 Å². The second-order valence-electron chi connectivity index (χ2n) is 7.23. The van der Waals surface area contributed by atoms with Gasteiger partial charge in [0, 0.05) is 12.6 Å². The lowest BCUT2D eigenvalue weighted by Crippen LogP contribution is -2.32. The first kappa shape index (κ1) is 21.1. The highest BCUT2D eigenvalue weighted by molar-refractivity contribution is 6.33. The van der Waals surface area contributed by atoms with Gasteiger partial charge in [-0.05, 0) is 30.5 Å². The van der Waals surface area contributed by atoms with Crippen molar-refractivity contribution in [2.24, 2.45) is 0 Å². The number of carbonyl (C=O) groups excluding carboxylic acids is 1. The molecule has 2 unspecified atom stereocenters. The first-order chi connectivity index (χ1) is 15.1. The Balaban J connectivity index is 1.58. The molecule has 0 saturated carbocycles. The topological polar surface area (TPSA) is 82.5 Å². The standard InChI is InChI=1S/C23H22ClN3O4/c1-30-23(29)17-9-5-6-10-19(17)27-22(28)21(24)18(14-25-27)26-16-11-12-31-20(13-16)15-7-3-2-4-8-15/h2-10,14,16,20,26H,11-13H2,1H3. The Morgan fingerprint density at radius 2 is 1.94 bits per heavy atom. The van der Waals surface area contributed by atoms with Crippen LogP contribution < -0.4 is 10.9 Å². The van der Waals surface area contributed by atoms with Crippen molar-refractivity contribution in [2.75, 3.05) is 19.0 Å². The van der Waals surface area contributed by atoms with Gasteiger partial charge in [-0.1, -0.05) is 54.1 Å². The van der Waals surface area contributed by atoms with Crippen molar-refractivity contribution >= 4 is 23.3 Å². The highest BCUT2D eigenvalue weighted by Crippen LogP contribution is 2.30. The van der Waals surface area contributed by atoms with E-state index in [-0.39, 0.29) is 22.7 Å². The van der Waals surface area contributed by atoms with E-state index >= 15 is 0 Å².